The molecule has 6 rings (SSSR count). The number of likely N-dealkylation sites (N-methyl/N-ethyl adjacent to an activating group) is 1. The van der Waals surface area contributed by atoms with Crippen molar-refractivity contribution in [2.75, 3.05) is 23.7 Å². The molecule has 40 heavy (non-hydrogen) atoms. The summed E-state index contributed by atoms with van der Waals surface area (Å²) in [7, 11) is -3.78. The SMILES string of the molecule is CCNC(=O)C(C)N(Cc1ccccc1Cl)C(=O)CN(c1ccc(C23CC4CC(CC(C4)C2)C3)cc1)S(C)(=O)=O. The molecule has 4 saturated carbocycles. The van der Waals surface area contributed by atoms with Gasteiger partial charge >= 0.3 is 0 Å². The molecule has 2 aromatic rings. The summed E-state index contributed by atoms with van der Waals surface area (Å²) in [6, 6.07) is 14.1. The number of benzene rings is 2. The van der Waals surface area contributed by atoms with Crippen LogP contribution >= 0.6 is 11.6 Å². The predicted octanol–water partition coefficient (Wildman–Crippen LogP) is 5.13. The van der Waals surface area contributed by atoms with Crippen molar-refractivity contribution in [3.05, 3.63) is 64.7 Å². The molecule has 4 fully saturated rings. The predicted molar refractivity (Wildman–Crippen MR) is 159 cm³/mol. The number of rotatable bonds is 10. The van der Waals surface area contributed by atoms with E-state index in [-0.39, 0.29) is 17.9 Å². The molecule has 1 atom stereocenters. The van der Waals surface area contributed by atoms with E-state index in [0.29, 0.717) is 22.8 Å². The Bertz CT molecular complexity index is 1330. The number of hydrogen-bond acceptors (Lipinski definition) is 4. The maximum Gasteiger partial charge on any atom is 0.244 e. The molecule has 0 heterocycles. The quantitative estimate of drug-likeness (QED) is 0.419. The first-order chi connectivity index (χ1) is 19.0. The Morgan fingerprint density at radius 2 is 1.57 bits per heavy atom. The molecule has 4 aliphatic rings. The normalized spacial score (nSPS) is 25.9. The lowest BCUT2D eigenvalue weighted by atomic mass is 9.48. The molecule has 4 bridgehead atoms. The number of carbonyl (C=O) groups is 2. The zero-order valence-corrected chi connectivity index (χ0v) is 25.2. The molecule has 7 nitrogen and oxygen atoms in total. The first-order valence-electron chi connectivity index (χ1n) is 14.4. The maximum atomic E-state index is 13.7. The summed E-state index contributed by atoms with van der Waals surface area (Å²) in [6.07, 6.45) is 8.87. The third-order valence-electron chi connectivity index (χ3n) is 9.30. The van der Waals surface area contributed by atoms with Crippen LogP contribution in [0.4, 0.5) is 5.69 Å². The van der Waals surface area contributed by atoms with Crippen molar-refractivity contribution in [2.24, 2.45) is 17.8 Å². The minimum absolute atomic E-state index is 0.0827. The fraction of sp³-hybridized carbons (Fsp3) is 0.548. The van der Waals surface area contributed by atoms with Gasteiger partial charge in [-0.3, -0.25) is 13.9 Å². The van der Waals surface area contributed by atoms with Crippen LogP contribution in [-0.2, 0) is 31.6 Å². The van der Waals surface area contributed by atoms with E-state index in [9.17, 15) is 18.0 Å². The van der Waals surface area contributed by atoms with Crippen LogP contribution in [0.2, 0.25) is 5.02 Å². The minimum atomic E-state index is -3.78. The minimum Gasteiger partial charge on any atom is -0.355 e. The van der Waals surface area contributed by atoms with E-state index in [4.69, 9.17) is 11.6 Å². The van der Waals surface area contributed by atoms with Crippen molar-refractivity contribution >= 4 is 39.1 Å². The van der Waals surface area contributed by atoms with Gasteiger partial charge in [0.25, 0.3) is 0 Å². The number of anilines is 1. The second kappa shape index (κ2) is 11.4. The number of halogens is 1. The van der Waals surface area contributed by atoms with Gasteiger partial charge in [-0.2, -0.15) is 0 Å². The van der Waals surface area contributed by atoms with Crippen LogP contribution in [0.3, 0.4) is 0 Å². The molecule has 2 aromatic carbocycles. The van der Waals surface area contributed by atoms with Gasteiger partial charge in [0.05, 0.1) is 11.9 Å². The van der Waals surface area contributed by atoms with Gasteiger partial charge in [0.1, 0.15) is 12.6 Å². The summed E-state index contributed by atoms with van der Waals surface area (Å²) in [6.45, 7) is 3.54. The maximum absolute atomic E-state index is 13.7. The van der Waals surface area contributed by atoms with Crippen molar-refractivity contribution in [1.29, 1.82) is 0 Å². The molecule has 0 aliphatic heterocycles. The van der Waals surface area contributed by atoms with Gasteiger partial charge in [-0.1, -0.05) is 41.9 Å². The number of carbonyl (C=O) groups excluding carboxylic acids is 2. The van der Waals surface area contributed by atoms with Crippen LogP contribution in [0.5, 0.6) is 0 Å². The van der Waals surface area contributed by atoms with E-state index in [0.717, 1.165) is 28.3 Å². The highest BCUT2D eigenvalue weighted by atomic mass is 35.5. The highest BCUT2D eigenvalue weighted by molar-refractivity contribution is 7.92. The van der Waals surface area contributed by atoms with Gasteiger partial charge in [-0.15, -0.1) is 0 Å². The molecule has 0 spiro atoms. The second-order valence-electron chi connectivity index (χ2n) is 12.2. The molecule has 1 N–H and O–H groups in total. The van der Waals surface area contributed by atoms with Crippen molar-refractivity contribution in [3.8, 4) is 0 Å². The Kier molecular flexibility index (Phi) is 8.22. The number of hydrogen-bond donors (Lipinski definition) is 1. The third-order valence-corrected chi connectivity index (χ3v) is 10.8. The number of sulfonamides is 1. The van der Waals surface area contributed by atoms with Gasteiger partial charge in [0.15, 0.2) is 0 Å². The number of amides is 2. The smallest absolute Gasteiger partial charge is 0.244 e. The van der Waals surface area contributed by atoms with Crippen LogP contribution in [0.1, 0.15) is 63.5 Å². The summed E-state index contributed by atoms with van der Waals surface area (Å²) < 4.78 is 27.1. The van der Waals surface area contributed by atoms with Crippen LogP contribution < -0.4 is 9.62 Å². The first-order valence-corrected chi connectivity index (χ1v) is 16.6. The van der Waals surface area contributed by atoms with Gasteiger partial charge < -0.3 is 10.2 Å². The lowest BCUT2D eigenvalue weighted by Gasteiger charge is -2.57. The molecular weight excluding hydrogens is 546 g/mol. The van der Waals surface area contributed by atoms with Crippen LogP contribution in [-0.4, -0.2) is 50.5 Å². The Hall–Kier alpha value is -2.58. The van der Waals surface area contributed by atoms with Crippen LogP contribution in [0, 0.1) is 17.8 Å². The number of nitrogens with zero attached hydrogens (tertiary/aromatic N) is 2. The molecular formula is C31H40ClN3O4S. The molecule has 0 aromatic heterocycles. The van der Waals surface area contributed by atoms with E-state index in [1.54, 1.807) is 25.1 Å². The summed E-state index contributed by atoms with van der Waals surface area (Å²) in [5.74, 6) is 1.65. The largest absolute Gasteiger partial charge is 0.355 e. The fourth-order valence-corrected chi connectivity index (χ4v) is 8.82. The molecule has 4 aliphatic carbocycles. The summed E-state index contributed by atoms with van der Waals surface area (Å²) in [5, 5.41) is 3.23. The standard InChI is InChI=1S/C31H40ClN3O4S/c1-4-33-30(37)21(2)34(19-25-7-5-6-8-28(25)32)29(36)20-35(40(3,38)39)27-11-9-26(10-12-27)31-16-22-13-23(17-31)15-24(14-22)18-31/h5-12,21-24H,4,13-20H2,1-3H3,(H,33,37). The zero-order chi connectivity index (χ0) is 28.7. The van der Waals surface area contributed by atoms with Crippen molar-refractivity contribution in [1.82, 2.24) is 10.2 Å². The Morgan fingerprint density at radius 3 is 2.10 bits per heavy atom. The van der Waals surface area contributed by atoms with Gasteiger partial charge in [-0.25, -0.2) is 8.42 Å². The van der Waals surface area contributed by atoms with E-state index in [1.807, 2.05) is 25.1 Å². The Morgan fingerprint density at radius 1 is 1.00 bits per heavy atom. The van der Waals surface area contributed by atoms with E-state index in [1.165, 1.54) is 49.0 Å². The molecule has 0 saturated heterocycles. The summed E-state index contributed by atoms with van der Waals surface area (Å²) in [5.41, 5.74) is 2.62. The topological polar surface area (TPSA) is 86.8 Å². The Balaban J connectivity index is 1.39. The van der Waals surface area contributed by atoms with Gasteiger partial charge in [-0.05, 0) is 105 Å². The fourth-order valence-electron chi connectivity index (χ4n) is 7.77. The molecule has 1 unspecified atom stereocenters. The lowest BCUT2D eigenvalue weighted by Crippen LogP contribution is -2.51. The highest BCUT2D eigenvalue weighted by Crippen LogP contribution is 2.60. The van der Waals surface area contributed by atoms with Gasteiger partial charge in [0, 0.05) is 18.1 Å². The number of nitrogens with one attached hydrogen (secondary N) is 1. The van der Waals surface area contributed by atoms with E-state index in [2.05, 4.69) is 17.4 Å². The van der Waals surface area contributed by atoms with Crippen LogP contribution in [0.25, 0.3) is 0 Å². The van der Waals surface area contributed by atoms with Crippen LogP contribution in [0.15, 0.2) is 48.5 Å². The third kappa shape index (κ3) is 5.89. The zero-order valence-electron chi connectivity index (χ0n) is 23.6. The molecule has 9 heteroatoms. The average molecular weight is 586 g/mol. The molecule has 2 amide bonds. The lowest BCUT2D eigenvalue weighted by molar-refractivity contribution is -0.139. The Labute approximate surface area is 243 Å². The van der Waals surface area contributed by atoms with Crippen molar-refractivity contribution in [2.45, 2.75) is 70.4 Å². The van der Waals surface area contributed by atoms with E-state index < -0.39 is 28.5 Å². The van der Waals surface area contributed by atoms with Crippen molar-refractivity contribution in [3.63, 3.8) is 0 Å². The average Bonchev–Trinajstić information content (AvgIpc) is 2.89. The van der Waals surface area contributed by atoms with Crippen molar-refractivity contribution < 1.29 is 18.0 Å². The summed E-state index contributed by atoms with van der Waals surface area (Å²) in [4.78, 5) is 27.9. The first kappa shape index (κ1) is 28.9. The molecule has 216 valence electrons. The monoisotopic (exact) mass is 585 g/mol. The van der Waals surface area contributed by atoms with Gasteiger partial charge in [0.2, 0.25) is 21.8 Å². The summed E-state index contributed by atoms with van der Waals surface area (Å²) >= 11 is 6.37. The molecule has 0 radical (unpaired) electrons. The second-order valence-corrected chi connectivity index (χ2v) is 14.5. The highest BCUT2D eigenvalue weighted by Gasteiger charge is 2.51. The van der Waals surface area contributed by atoms with E-state index >= 15 is 0 Å².